The molecule has 0 bridgehead atoms. The lowest BCUT2D eigenvalue weighted by Gasteiger charge is -2.29. The first-order chi connectivity index (χ1) is 9.70. The fourth-order valence-corrected chi connectivity index (χ4v) is 2.29. The van der Waals surface area contributed by atoms with E-state index in [1.165, 1.54) is 0 Å². The number of rotatable bonds is 5. The van der Waals surface area contributed by atoms with Crippen molar-refractivity contribution in [2.24, 2.45) is 5.84 Å². The van der Waals surface area contributed by atoms with Gasteiger partial charge in [0, 0.05) is 19.6 Å². The lowest BCUT2D eigenvalue weighted by molar-refractivity contribution is 0.0751. The number of carbonyl (C=O) groups excluding carboxylic acids is 1. The highest BCUT2D eigenvalue weighted by Gasteiger charge is 2.17. The molecule has 110 valence electrons. The summed E-state index contributed by atoms with van der Waals surface area (Å²) in [7, 11) is 0. The van der Waals surface area contributed by atoms with Crippen molar-refractivity contribution in [1.29, 1.82) is 0 Å². The van der Waals surface area contributed by atoms with Crippen molar-refractivity contribution < 1.29 is 14.6 Å². The number of aliphatic hydroxyl groups excluding tert-OH is 1. The van der Waals surface area contributed by atoms with Gasteiger partial charge in [-0.1, -0.05) is 12.1 Å². The van der Waals surface area contributed by atoms with Crippen LogP contribution in [0.25, 0.3) is 0 Å². The van der Waals surface area contributed by atoms with Crippen LogP contribution in [0.2, 0.25) is 0 Å². The zero-order valence-electron chi connectivity index (χ0n) is 11.4. The minimum absolute atomic E-state index is 0.166. The van der Waals surface area contributed by atoms with Crippen LogP contribution in [0, 0.1) is 0 Å². The monoisotopic (exact) mass is 279 g/mol. The molecule has 1 heterocycles. The molecule has 6 heteroatoms. The first-order valence-electron chi connectivity index (χ1n) is 6.84. The Kier molecular flexibility index (Phi) is 5.34. The van der Waals surface area contributed by atoms with Crippen LogP contribution in [-0.2, 0) is 0 Å². The summed E-state index contributed by atoms with van der Waals surface area (Å²) in [5.74, 6) is 5.32. The van der Waals surface area contributed by atoms with E-state index in [9.17, 15) is 9.90 Å². The average molecular weight is 279 g/mol. The normalized spacial score (nSPS) is 16.9. The van der Waals surface area contributed by atoms with E-state index in [1.54, 1.807) is 18.2 Å². The van der Waals surface area contributed by atoms with Gasteiger partial charge >= 0.3 is 0 Å². The zero-order valence-corrected chi connectivity index (χ0v) is 11.4. The second kappa shape index (κ2) is 7.23. The number of nitrogens with one attached hydrogen (secondary N) is 1. The minimum atomic E-state index is -0.360. The number of hydrogen-bond acceptors (Lipinski definition) is 5. The van der Waals surface area contributed by atoms with Gasteiger partial charge in [0.2, 0.25) is 0 Å². The molecule has 6 nitrogen and oxygen atoms in total. The lowest BCUT2D eigenvalue weighted by atomic mass is 10.1. The molecule has 1 aliphatic rings. The first-order valence-corrected chi connectivity index (χ1v) is 6.84. The van der Waals surface area contributed by atoms with Crippen molar-refractivity contribution in [2.75, 3.05) is 26.2 Å². The van der Waals surface area contributed by atoms with Crippen molar-refractivity contribution in [3.05, 3.63) is 29.8 Å². The summed E-state index contributed by atoms with van der Waals surface area (Å²) in [4.78, 5) is 13.8. The predicted octanol–water partition coefficient (Wildman–Crippen LogP) is 0.126. The zero-order chi connectivity index (χ0) is 14.4. The van der Waals surface area contributed by atoms with Crippen LogP contribution in [0.1, 0.15) is 23.2 Å². The highest BCUT2D eigenvalue weighted by molar-refractivity contribution is 5.96. The fraction of sp³-hybridized carbons (Fsp3) is 0.500. The molecular weight excluding hydrogens is 258 g/mol. The first kappa shape index (κ1) is 14.8. The van der Waals surface area contributed by atoms with Gasteiger partial charge in [0.1, 0.15) is 12.4 Å². The van der Waals surface area contributed by atoms with Gasteiger partial charge in [0.05, 0.1) is 11.7 Å². The van der Waals surface area contributed by atoms with Crippen molar-refractivity contribution in [3.8, 4) is 5.75 Å². The van der Waals surface area contributed by atoms with E-state index >= 15 is 0 Å². The number of aliphatic hydroxyl groups is 1. The van der Waals surface area contributed by atoms with E-state index in [2.05, 4.69) is 10.3 Å². The molecule has 1 aromatic carbocycles. The Labute approximate surface area is 118 Å². The average Bonchev–Trinajstić information content (AvgIpc) is 2.49. The number of likely N-dealkylation sites (tertiary alicyclic amines) is 1. The Morgan fingerprint density at radius 1 is 1.40 bits per heavy atom. The number of hydrogen-bond donors (Lipinski definition) is 3. The van der Waals surface area contributed by atoms with E-state index in [1.807, 2.05) is 6.07 Å². The maximum absolute atomic E-state index is 11.6. The van der Waals surface area contributed by atoms with Crippen LogP contribution in [0.15, 0.2) is 24.3 Å². The number of ether oxygens (including phenoxy) is 1. The molecule has 2 rings (SSSR count). The number of hydrazine groups is 1. The molecule has 1 amide bonds. The number of amides is 1. The van der Waals surface area contributed by atoms with Gasteiger partial charge in [0.15, 0.2) is 0 Å². The van der Waals surface area contributed by atoms with Crippen molar-refractivity contribution in [1.82, 2.24) is 10.3 Å². The SMILES string of the molecule is NNC(=O)c1ccccc1OCCN1CCC(O)CC1. The van der Waals surface area contributed by atoms with E-state index in [4.69, 9.17) is 10.6 Å². The Bertz CT molecular complexity index is 445. The summed E-state index contributed by atoms with van der Waals surface area (Å²) >= 11 is 0. The van der Waals surface area contributed by atoms with Crippen LogP contribution in [-0.4, -0.2) is 48.3 Å². The third kappa shape index (κ3) is 3.93. The van der Waals surface area contributed by atoms with Crippen LogP contribution < -0.4 is 16.0 Å². The summed E-state index contributed by atoms with van der Waals surface area (Å²) in [6.45, 7) is 3.06. The molecule has 0 aromatic heterocycles. The molecule has 1 aromatic rings. The molecule has 0 radical (unpaired) electrons. The second-order valence-electron chi connectivity index (χ2n) is 4.89. The van der Waals surface area contributed by atoms with Gasteiger partial charge in [-0.3, -0.25) is 15.1 Å². The molecule has 0 spiro atoms. The van der Waals surface area contributed by atoms with E-state index in [0.29, 0.717) is 17.9 Å². The van der Waals surface area contributed by atoms with Gasteiger partial charge in [0.25, 0.3) is 5.91 Å². The van der Waals surface area contributed by atoms with Crippen molar-refractivity contribution >= 4 is 5.91 Å². The maximum atomic E-state index is 11.6. The Morgan fingerprint density at radius 3 is 2.80 bits per heavy atom. The highest BCUT2D eigenvalue weighted by atomic mass is 16.5. The number of nitrogens with two attached hydrogens (primary N) is 1. The van der Waals surface area contributed by atoms with E-state index < -0.39 is 0 Å². The third-order valence-corrected chi connectivity index (χ3v) is 3.48. The summed E-state index contributed by atoms with van der Waals surface area (Å²) in [6, 6.07) is 7.02. The highest BCUT2D eigenvalue weighted by Crippen LogP contribution is 2.17. The number of carbonyl (C=O) groups is 1. The Balaban J connectivity index is 1.83. The summed E-state index contributed by atoms with van der Waals surface area (Å²) < 4.78 is 5.67. The maximum Gasteiger partial charge on any atom is 0.268 e. The van der Waals surface area contributed by atoms with Gasteiger partial charge in [-0.25, -0.2) is 5.84 Å². The molecular formula is C14H21N3O3. The van der Waals surface area contributed by atoms with Gasteiger partial charge in [-0.15, -0.1) is 0 Å². The van der Waals surface area contributed by atoms with Crippen LogP contribution in [0.5, 0.6) is 5.75 Å². The molecule has 1 fully saturated rings. The largest absolute Gasteiger partial charge is 0.491 e. The van der Waals surface area contributed by atoms with Gasteiger partial charge in [-0.05, 0) is 25.0 Å². The summed E-state index contributed by atoms with van der Waals surface area (Å²) in [5, 5.41) is 9.44. The topological polar surface area (TPSA) is 87.8 Å². The number of para-hydroxylation sites is 1. The summed E-state index contributed by atoms with van der Waals surface area (Å²) in [6.07, 6.45) is 1.46. The van der Waals surface area contributed by atoms with E-state index in [0.717, 1.165) is 32.5 Å². The molecule has 1 aliphatic heterocycles. The van der Waals surface area contributed by atoms with Crippen LogP contribution >= 0.6 is 0 Å². The fourth-order valence-electron chi connectivity index (χ4n) is 2.29. The third-order valence-electron chi connectivity index (χ3n) is 3.48. The standard InChI is InChI=1S/C14H21N3O3/c15-16-14(19)12-3-1-2-4-13(12)20-10-9-17-7-5-11(18)6-8-17/h1-4,11,18H,5-10,15H2,(H,16,19). The molecule has 20 heavy (non-hydrogen) atoms. The smallest absolute Gasteiger partial charge is 0.268 e. The molecule has 0 aliphatic carbocycles. The van der Waals surface area contributed by atoms with Gasteiger partial charge < -0.3 is 9.84 Å². The number of nitrogens with zero attached hydrogens (tertiary/aromatic N) is 1. The molecule has 0 unspecified atom stereocenters. The molecule has 4 N–H and O–H groups in total. The predicted molar refractivity (Wildman–Crippen MR) is 75.3 cm³/mol. The number of nitrogen functional groups attached to an aromatic ring is 1. The van der Waals surface area contributed by atoms with Crippen molar-refractivity contribution in [2.45, 2.75) is 18.9 Å². The summed E-state index contributed by atoms with van der Waals surface area (Å²) in [5.41, 5.74) is 2.54. The Morgan fingerprint density at radius 2 is 2.10 bits per heavy atom. The van der Waals surface area contributed by atoms with Crippen LogP contribution in [0.4, 0.5) is 0 Å². The molecule has 0 atom stereocenters. The van der Waals surface area contributed by atoms with Crippen molar-refractivity contribution in [3.63, 3.8) is 0 Å². The van der Waals surface area contributed by atoms with E-state index in [-0.39, 0.29) is 12.0 Å². The number of piperidine rings is 1. The van der Waals surface area contributed by atoms with Crippen LogP contribution in [0.3, 0.4) is 0 Å². The Hall–Kier alpha value is -1.63. The molecule has 0 saturated carbocycles. The minimum Gasteiger partial charge on any atom is -0.491 e. The quantitative estimate of drug-likeness (QED) is 0.405. The molecule has 1 saturated heterocycles. The van der Waals surface area contributed by atoms with Gasteiger partial charge in [-0.2, -0.15) is 0 Å². The lowest BCUT2D eigenvalue weighted by Crippen LogP contribution is -2.38. The second-order valence-corrected chi connectivity index (χ2v) is 4.89. The number of benzene rings is 1.